The number of carbonyl (C=O) groups excluding carboxylic acids is 1. The van der Waals surface area contributed by atoms with Crippen molar-refractivity contribution in [1.82, 2.24) is 0 Å². The van der Waals surface area contributed by atoms with Crippen molar-refractivity contribution in [2.45, 2.75) is 6.92 Å². The molecule has 0 atom stereocenters. The molecule has 0 unspecified atom stereocenters. The molecule has 0 aliphatic rings. The summed E-state index contributed by atoms with van der Waals surface area (Å²) in [4.78, 5) is 10.3. The van der Waals surface area contributed by atoms with E-state index in [4.69, 9.17) is 0 Å². The van der Waals surface area contributed by atoms with Crippen LogP contribution in [0.1, 0.15) is 6.92 Å². The van der Waals surface area contributed by atoms with Gasteiger partial charge in [-0.15, -0.1) is 0 Å². The average Bonchev–Trinajstić information content (AvgIpc) is 1.87. The zero-order chi connectivity index (χ0) is 8.20. The molecule has 4 nitrogen and oxygen atoms in total. The molecule has 0 aromatic heterocycles. The van der Waals surface area contributed by atoms with E-state index in [-0.39, 0.29) is 35.3 Å². The predicted molar refractivity (Wildman–Crippen MR) is 42.9 cm³/mol. The van der Waals surface area contributed by atoms with Crippen LogP contribution in [0, 0.1) is 0 Å². The Bertz CT molecular complexity index is 231. The van der Waals surface area contributed by atoms with E-state index in [2.05, 4.69) is 10.8 Å². The van der Waals surface area contributed by atoms with Crippen molar-refractivity contribution in [3.05, 3.63) is 12.7 Å². The van der Waals surface area contributed by atoms with Gasteiger partial charge in [0.05, 0.1) is 5.75 Å². The van der Waals surface area contributed by atoms with Gasteiger partial charge in [-0.2, -0.15) is 8.42 Å². The summed E-state index contributed by atoms with van der Waals surface area (Å²) in [6.45, 7) is 4.42. The molecular formula is C5H9NaO4S. The van der Waals surface area contributed by atoms with Gasteiger partial charge in [0.1, 0.15) is 0 Å². The molecular weight excluding hydrogens is 179 g/mol. The van der Waals surface area contributed by atoms with Gasteiger partial charge in [0.15, 0.2) is 0 Å². The molecule has 0 aromatic carbocycles. The van der Waals surface area contributed by atoms with Crippen molar-refractivity contribution in [3.8, 4) is 0 Å². The number of rotatable bonds is 3. The third kappa shape index (κ3) is 6.55. The molecule has 11 heavy (non-hydrogen) atoms. The maximum absolute atomic E-state index is 10.5. The summed E-state index contributed by atoms with van der Waals surface area (Å²) in [5.74, 6) is -1.16. The van der Waals surface area contributed by atoms with Gasteiger partial charge in [-0.05, 0) is 6.92 Å². The van der Waals surface area contributed by atoms with Gasteiger partial charge in [-0.25, -0.2) is 4.79 Å². The van der Waals surface area contributed by atoms with E-state index in [1.807, 2.05) is 0 Å². The quantitative estimate of drug-likeness (QED) is 0.337. The Balaban J connectivity index is 0. The topological polar surface area (TPSA) is 60.4 Å². The van der Waals surface area contributed by atoms with Crippen molar-refractivity contribution in [2.24, 2.45) is 0 Å². The predicted octanol–water partition coefficient (Wildman–Crippen LogP) is -0.583. The Morgan fingerprint density at radius 1 is 1.64 bits per heavy atom. The number of hydrogen-bond acceptors (Lipinski definition) is 4. The van der Waals surface area contributed by atoms with Gasteiger partial charge < -0.3 is 4.18 Å². The fourth-order valence-electron chi connectivity index (χ4n) is 0.218. The first-order valence-corrected chi connectivity index (χ1v) is 4.18. The Kier molecular flexibility index (Phi) is 7.20. The van der Waals surface area contributed by atoms with Crippen LogP contribution in [-0.4, -0.2) is 49.7 Å². The first kappa shape index (κ1) is 13.7. The second kappa shape index (κ2) is 5.77. The van der Waals surface area contributed by atoms with Crippen LogP contribution >= 0.6 is 0 Å². The van der Waals surface area contributed by atoms with Crippen LogP contribution in [0.15, 0.2) is 12.7 Å². The molecule has 0 N–H and O–H groups in total. The Hall–Kier alpha value is 0.160. The fourth-order valence-corrected chi connectivity index (χ4v) is 0.654. The van der Waals surface area contributed by atoms with E-state index in [1.54, 1.807) is 0 Å². The summed E-state index contributed by atoms with van der Waals surface area (Å²) in [6.07, 6.45) is 0.799. The van der Waals surface area contributed by atoms with Crippen molar-refractivity contribution < 1.29 is 17.4 Å². The van der Waals surface area contributed by atoms with Crippen LogP contribution in [0.3, 0.4) is 0 Å². The molecule has 0 aromatic rings. The molecule has 6 heteroatoms. The second-order valence-corrected chi connectivity index (χ2v) is 3.31. The molecule has 0 saturated carbocycles. The van der Waals surface area contributed by atoms with Crippen LogP contribution in [0.4, 0.5) is 0 Å². The molecule has 60 valence electrons. The zero-order valence-electron chi connectivity index (χ0n) is 5.53. The Morgan fingerprint density at radius 2 is 2.09 bits per heavy atom. The van der Waals surface area contributed by atoms with Crippen molar-refractivity contribution >= 4 is 45.6 Å². The zero-order valence-corrected chi connectivity index (χ0v) is 6.35. The third-order valence-electron chi connectivity index (χ3n) is 0.729. The summed E-state index contributed by atoms with van der Waals surface area (Å²) < 4.78 is 24.9. The van der Waals surface area contributed by atoms with E-state index in [0.29, 0.717) is 0 Å². The summed E-state index contributed by atoms with van der Waals surface area (Å²) >= 11 is 0. The summed E-state index contributed by atoms with van der Waals surface area (Å²) in [5.41, 5.74) is 0. The summed E-state index contributed by atoms with van der Waals surface area (Å²) in [7, 11) is -3.65. The third-order valence-corrected chi connectivity index (χ3v) is 1.85. The molecule has 0 saturated heterocycles. The van der Waals surface area contributed by atoms with E-state index < -0.39 is 16.1 Å². The van der Waals surface area contributed by atoms with Crippen molar-refractivity contribution in [1.29, 1.82) is 0 Å². The van der Waals surface area contributed by atoms with Gasteiger partial charge >= 0.3 is 45.6 Å². The molecule has 0 rings (SSSR count). The minimum atomic E-state index is -3.65. The second-order valence-electron chi connectivity index (χ2n) is 1.45. The molecule has 0 fully saturated rings. The van der Waals surface area contributed by atoms with Crippen molar-refractivity contribution in [3.63, 3.8) is 0 Å². The van der Waals surface area contributed by atoms with Crippen LogP contribution in [-0.2, 0) is 19.1 Å². The van der Waals surface area contributed by atoms with Crippen molar-refractivity contribution in [2.75, 3.05) is 5.75 Å². The summed E-state index contributed by atoms with van der Waals surface area (Å²) in [6, 6.07) is 0. The average molecular weight is 188 g/mol. The standard InChI is InChI=1S/C5H8O4S.Na.H/c1-3-5(6)9-10(7,8)4-2;;/h3H,1,4H2,2H3;;. The van der Waals surface area contributed by atoms with Gasteiger partial charge in [0, 0.05) is 6.08 Å². The van der Waals surface area contributed by atoms with Gasteiger partial charge in [0.25, 0.3) is 0 Å². The molecule has 0 spiro atoms. The van der Waals surface area contributed by atoms with Crippen LogP contribution in [0.2, 0.25) is 0 Å². The monoisotopic (exact) mass is 188 g/mol. The molecule has 0 bridgehead atoms. The molecule has 0 aliphatic heterocycles. The molecule has 0 aliphatic carbocycles. The van der Waals surface area contributed by atoms with Crippen LogP contribution in [0.25, 0.3) is 0 Å². The number of carbonyl (C=O) groups is 1. The molecule has 0 amide bonds. The maximum atomic E-state index is 10.5. The van der Waals surface area contributed by atoms with Gasteiger partial charge in [0.2, 0.25) is 0 Å². The van der Waals surface area contributed by atoms with E-state index in [0.717, 1.165) is 6.08 Å². The van der Waals surface area contributed by atoms with Gasteiger partial charge in [-0.3, -0.25) is 0 Å². The van der Waals surface area contributed by atoms with E-state index >= 15 is 0 Å². The molecule has 0 heterocycles. The van der Waals surface area contributed by atoms with E-state index in [9.17, 15) is 13.2 Å². The van der Waals surface area contributed by atoms with E-state index in [1.165, 1.54) is 6.92 Å². The van der Waals surface area contributed by atoms with Crippen LogP contribution in [0.5, 0.6) is 0 Å². The molecule has 0 radical (unpaired) electrons. The Morgan fingerprint density at radius 3 is 2.36 bits per heavy atom. The van der Waals surface area contributed by atoms with Gasteiger partial charge in [-0.1, -0.05) is 6.58 Å². The Labute approximate surface area is 88.0 Å². The first-order valence-electron chi connectivity index (χ1n) is 2.60. The normalized spacial score (nSPS) is 9.55. The fraction of sp³-hybridized carbons (Fsp3) is 0.400. The first-order chi connectivity index (χ1) is 4.52. The summed E-state index contributed by atoms with van der Waals surface area (Å²) in [5, 5.41) is 0. The van der Waals surface area contributed by atoms with Crippen LogP contribution < -0.4 is 0 Å². The number of hydrogen-bond donors (Lipinski definition) is 0. The minimum absolute atomic E-state index is 0. The SMILES string of the molecule is C=CC(=O)OS(=O)(=O)CC.[NaH].